The first-order valence-electron chi connectivity index (χ1n) is 7.97. The molecule has 11 heteroatoms. The minimum absolute atomic E-state index is 0.0842. The molecular formula is C15H20N6O4S. The first-order valence-corrected chi connectivity index (χ1v) is 9.58. The van der Waals surface area contributed by atoms with Crippen molar-refractivity contribution in [2.45, 2.75) is 6.04 Å². The van der Waals surface area contributed by atoms with Gasteiger partial charge in [0.15, 0.2) is 0 Å². The fourth-order valence-electron chi connectivity index (χ4n) is 2.60. The fourth-order valence-corrected chi connectivity index (χ4v) is 3.76. The maximum atomic E-state index is 12.5. The second-order valence-electron chi connectivity index (χ2n) is 6.19. The number of pyridine rings is 1. The summed E-state index contributed by atoms with van der Waals surface area (Å²) in [6.45, 7) is 0.552. The second-order valence-corrected chi connectivity index (χ2v) is 8.42. The number of hydrogen-bond donors (Lipinski definition) is 1. The van der Waals surface area contributed by atoms with Crippen molar-refractivity contribution in [1.82, 2.24) is 29.4 Å². The molecule has 0 radical (unpaired) electrons. The van der Waals surface area contributed by atoms with Gasteiger partial charge in [-0.15, -0.1) is 10.2 Å². The molecule has 3 rings (SSSR count). The minimum atomic E-state index is -3.38. The number of nitrogens with one attached hydrogen (secondary N) is 1. The molecule has 1 amide bonds. The van der Waals surface area contributed by atoms with Crippen LogP contribution in [0.3, 0.4) is 0 Å². The van der Waals surface area contributed by atoms with Crippen LogP contribution >= 0.6 is 0 Å². The predicted octanol–water partition coefficient (Wildman–Crippen LogP) is -0.701. The number of carbonyl (C=O) groups is 1. The molecule has 0 bridgehead atoms. The summed E-state index contributed by atoms with van der Waals surface area (Å²) >= 11 is 0. The van der Waals surface area contributed by atoms with Crippen LogP contribution in [0.4, 0.5) is 0 Å². The van der Waals surface area contributed by atoms with E-state index >= 15 is 0 Å². The van der Waals surface area contributed by atoms with Crippen molar-refractivity contribution < 1.29 is 17.9 Å². The Morgan fingerprint density at radius 2 is 2.04 bits per heavy atom. The number of sulfonamides is 1. The van der Waals surface area contributed by atoms with E-state index in [4.69, 9.17) is 4.74 Å². The first-order chi connectivity index (χ1) is 12.4. The normalized spacial score (nSPS) is 20.4. The van der Waals surface area contributed by atoms with E-state index in [2.05, 4.69) is 20.5 Å². The summed E-state index contributed by atoms with van der Waals surface area (Å²) < 4.78 is 32.3. The Labute approximate surface area is 151 Å². The number of ether oxygens (including phenoxy) is 1. The highest BCUT2D eigenvalue weighted by Crippen LogP contribution is 2.18. The molecule has 1 aliphatic rings. The van der Waals surface area contributed by atoms with Crippen molar-refractivity contribution in [2.75, 3.05) is 33.1 Å². The summed E-state index contributed by atoms with van der Waals surface area (Å²) in [5.74, 6) is -0.272. The van der Waals surface area contributed by atoms with Crippen molar-refractivity contribution in [3.8, 4) is 5.82 Å². The number of nitrogens with zero attached hydrogens (tertiary/aromatic N) is 5. The SMILES string of the molecule is CN(C)S(=O)(=O)C[C@@H]1COC[C@@H]1NC(=O)c1cccc(-n2cnnc2)n1. The van der Waals surface area contributed by atoms with Crippen LogP contribution < -0.4 is 5.32 Å². The third-order valence-corrected chi connectivity index (χ3v) is 6.11. The summed E-state index contributed by atoms with van der Waals surface area (Å²) in [6, 6.07) is 4.63. The number of aromatic nitrogens is 4. The van der Waals surface area contributed by atoms with Crippen LogP contribution in [-0.4, -0.2) is 77.5 Å². The maximum Gasteiger partial charge on any atom is 0.270 e. The van der Waals surface area contributed by atoms with Gasteiger partial charge in [-0.25, -0.2) is 17.7 Å². The monoisotopic (exact) mass is 380 g/mol. The average Bonchev–Trinajstić information content (AvgIpc) is 3.27. The van der Waals surface area contributed by atoms with Crippen LogP contribution in [0, 0.1) is 5.92 Å². The van der Waals surface area contributed by atoms with Gasteiger partial charge >= 0.3 is 0 Å². The van der Waals surface area contributed by atoms with Gasteiger partial charge in [0.25, 0.3) is 5.91 Å². The lowest BCUT2D eigenvalue weighted by molar-refractivity contribution is 0.0921. The molecule has 0 aliphatic carbocycles. The smallest absolute Gasteiger partial charge is 0.270 e. The van der Waals surface area contributed by atoms with Gasteiger partial charge in [-0.2, -0.15) is 0 Å². The fraction of sp³-hybridized carbons (Fsp3) is 0.467. The molecule has 0 aromatic carbocycles. The van der Waals surface area contributed by atoms with E-state index in [-0.39, 0.29) is 36.5 Å². The molecule has 1 fully saturated rings. The van der Waals surface area contributed by atoms with E-state index in [0.717, 1.165) is 0 Å². The van der Waals surface area contributed by atoms with Gasteiger partial charge < -0.3 is 10.1 Å². The Bertz CT molecular complexity index is 868. The van der Waals surface area contributed by atoms with Crippen LogP contribution in [-0.2, 0) is 14.8 Å². The van der Waals surface area contributed by atoms with E-state index in [0.29, 0.717) is 5.82 Å². The molecule has 26 heavy (non-hydrogen) atoms. The Balaban J connectivity index is 1.70. The lowest BCUT2D eigenvalue weighted by atomic mass is 10.1. The van der Waals surface area contributed by atoms with Crippen LogP contribution in [0.25, 0.3) is 5.82 Å². The molecule has 3 heterocycles. The van der Waals surface area contributed by atoms with Gasteiger partial charge in [0.2, 0.25) is 10.0 Å². The van der Waals surface area contributed by atoms with Crippen LogP contribution in [0.5, 0.6) is 0 Å². The van der Waals surface area contributed by atoms with Gasteiger partial charge in [-0.3, -0.25) is 9.36 Å². The largest absolute Gasteiger partial charge is 0.379 e. The van der Waals surface area contributed by atoms with Crippen molar-refractivity contribution in [3.05, 3.63) is 36.5 Å². The summed E-state index contributed by atoms with van der Waals surface area (Å²) in [5.41, 5.74) is 0.220. The van der Waals surface area contributed by atoms with Gasteiger partial charge in [-0.05, 0) is 12.1 Å². The van der Waals surface area contributed by atoms with Gasteiger partial charge in [0.05, 0.1) is 25.0 Å². The highest BCUT2D eigenvalue weighted by atomic mass is 32.2. The number of carbonyl (C=O) groups excluding carboxylic acids is 1. The zero-order valence-electron chi connectivity index (χ0n) is 14.4. The van der Waals surface area contributed by atoms with Gasteiger partial charge in [0, 0.05) is 20.0 Å². The Kier molecular flexibility index (Phi) is 5.30. The lowest BCUT2D eigenvalue weighted by Crippen LogP contribution is -2.43. The van der Waals surface area contributed by atoms with Gasteiger partial charge in [-0.1, -0.05) is 6.07 Å². The van der Waals surface area contributed by atoms with E-state index in [1.807, 2.05) is 0 Å². The standard InChI is InChI=1S/C15H20N6O4S/c1-20(2)26(23,24)8-11-6-25-7-13(11)19-15(22)12-4-3-5-14(18-12)21-9-16-17-10-21/h3-5,9-11,13H,6-8H2,1-2H3,(H,19,22)/t11-,13-/m0/s1. The molecule has 0 spiro atoms. The van der Waals surface area contributed by atoms with E-state index in [1.165, 1.54) is 31.1 Å². The van der Waals surface area contributed by atoms with E-state index < -0.39 is 16.1 Å². The quantitative estimate of drug-likeness (QED) is 0.703. The van der Waals surface area contributed by atoms with Crippen LogP contribution in [0.1, 0.15) is 10.5 Å². The summed E-state index contributed by atoms with van der Waals surface area (Å²) in [7, 11) is -0.412. The highest BCUT2D eigenvalue weighted by Gasteiger charge is 2.34. The summed E-state index contributed by atoms with van der Waals surface area (Å²) in [5, 5.41) is 10.2. The van der Waals surface area contributed by atoms with Gasteiger partial charge in [0.1, 0.15) is 24.2 Å². The first kappa shape index (κ1) is 18.4. The number of amides is 1. The van der Waals surface area contributed by atoms with Crippen molar-refractivity contribution in [1.29, 1.82) is 0 Å². The molecule has 2 aromatic rings. The topological polar surface area (TPSA) is 119 Å². The average molecular weight is 380 g/mol. The minimum Gasteiger partial charge on any atom is -0.379 e. The molecule has 140 valence electrons. The lowest BCUT2D eigenvalue weighted by Gasteiger charge is -2.21. The van der Waals surface area contributed by atoms with E-state index in [1.54, 1.807) is 22.8 Å². The zero-order chi connectivity index (χ0) is 18.7. The zero-order valence-corrected chi connectivity index (χ0v) is 15.3. The third kappa shape index (κ3) is 4.06. The Hall–Kier alpha value is -2.37. The molecule has 0 unspecified atom stereocenters. The molecule has 0 saturated carbocycles. The van der Waals surface area contributed by atoms with Crippen molar-refractivity contribution >= 4 is 15.9 Å². The molecule has 10 nitrogen and oxygen atoms in total. The maximum absolute atomic E-state index is 12.5. The van der Waals surface area contributed by atoms with Crippen LogP contribution in [0.15, 0.2) is 30.9 Å². The molecular weight excluding hydrogens is 360 g/mol. The predicted molar refractivity (Wildman–Crippen MR) is 92.2 cm³/mol. The molecule has 1 N–H and O–H groups in total. The Morgan fingerprint density at radius 1 is 1.31 bits per heavy atom. The van der Waals surface area contributed by atoms with Crippen molar-refractivity contribution in [2.24, 2.45) is 5.92 Å². The number of rotatable bonds is 6. The van der Waals surface area contributed by atoms with E-state index in [9.17, 15) is 13.2 Å². The van der Waals surface area contributed by atoms with Crippen LogP contribution in [0.2, 0.25) is 0 Å². The third-order valence-electron chi connectivity index (χ3n) is 4.15. The second kappa shape index (κ2) is 7.48. The molecule has 1 saturated heterocycles. The molecule has 2 aromatic heterocycles. The Morgan fingerprint density at radius 3 is 2.73 bits per heavy atom. The number of hydrogen-bond acceptors (Lipinski definition) is 7. The summed E-state index contributed by atoms with van der Waals surface area (Å²) in [4.78, 5) is 16.8. The molecule has 2 atom stereocenters. The summed E-state index contributed by atoms with van der Waals surface area (Å²) in [6.07, 6.45) is 2.97. The highest BCUT2D eigenvalue weighted by molar-refractivity contribution is 7.89. The van der Waals surface area contributed by atoms with Crippen molar-refractivity contribution in [3.63, 3.8) is 0 Å². The molecule has 1 aliphatic heterocycles.